The summed E-state index contributed by atoms with van der Waals surface area (Å²) < 4.78 is 0. The van der Waals surface area contributed by atoms with Gasteiger partial charge in [0.05, 0.1) is 6.10 Å². The van der Waals surface area contributed by atoms with E-state index < -0.39 is 0 Å². The number of aliphatic hydroxyl groups excluding tert-OH is 1. The van der Waals surface area contributed by atoms with Crippen LogP contribution in [0.1, 0.15) is 48.6 Å². The largest absolute Gasteiger partial charge is 0.387 e. The van der Waals surface area contributed by atoms with E-state index in [-0.39, 0.29) is 6.10 Å². The lowest BCUT2D eigenvalue weighted by atomic mass is 9.93. The first kappa shape index (κ1) is 14.5. The fourth-order valence-electron chi connectivity index (χ4n) is 3.43. The molecule has 2 rings (SSSR count). The molecule has 0 spiro atoms. The second kappa shape index (κ2) is 5.26. The molecule has 1 heterocycles. The smallest absolute Gasteiger partial charge is 0.0922 e. The van der Waals surface area contributed by atoms with Crippen LogP contribution in [0.25, 0.3) is 0 Å². The van der Waals surface area contributed by atoms with E-state index in [0.29, 0.717) is 5.41 Å². The summed E-state index contributed by atoms with van der Waals surface area (Å²) >= 11 is 0. The van der Waals surface area contributed by atoms with Gasteiger partial charge in [-0.3, -0.25) is 4.90 Å². The third kappa shape index (κ3) is 3.37. The maximum atomic E-state index is 10.6. The monoisotopic (exact) mass is 261 g/mol. The summed E-state index contributed by atoms with van der Waals surface area (Å²) in [4.78, 5) is 2.39. The number of aliphatic hydroxyl groups is 1. The van der Waals surface area contributed by atoms with Gasteiger partial charge in [-0.1, -0.05) is 31.5 Å². The minimum atomic E-state index is -0.366. The van der Waals surface area contributed by atoms with Crippen LogP contribution in [-0.4, -0.2) is 29.6 Å². The average molecular weight is 261 g/mol. The minimum Gasteiger partial charge on any atom is -0.387 e. The van der Waals surface area contributed by atoms with Crippen molar-refractivity contribution in [2.45, 2.75) is 47.1 Å². The topological polar surface area (TPSA) is 23.5 Å². The van der Waals surface area contributed by atoms with Gasteiger partial charge < -0.3 is 5.11 Å². The van der Waals surface area contributed by atoms with Crippen molar-refractivity contribution in [1.82, 2.24) is 4.90 Å². The summed E-state index contributed by atoms with van der Waals surface area (Å²) in [6.45, 7) is 13.9. The van der Waals surface area contributed by atoms with Crippen LogP contribution in [-0.2, 0) is 0 Å². The van der Waals surface area contributed by atoms with Crippen LogP contribution in [0.4, 0.5) is 0 Å². The molecule has 0 aliphatic carbocycles. The van der Waals surface area contributed by atoms with Crippen LogP contribution in [0.5, 0.6) is 0 Å². The lowest BCUT2D eigenvalue weighted by molar-refractivity contribution is 0.120. The van der Waals surface area contributed by atoms with Gasteiger partial charge in [0.25, 0.3) is 0 Å². The molecule has 0 aromatic heterocycles. The maximum Gasteiger partial charge on any atom is 0.0922 e. The third-order valence-electron chi connectivity index (χ3n) is 4.26. The van der Waals surface area contributed by atoms with Gasteiger partial charge in [0.15, 0.2) is 0 Å². The van der Waals surface area contributed by atoms with Gasteiger partial charge in [-0.15, -0.1) is 0 Å². The molecule has 1 unspecified atom stereocenters. The molecule has 0 radical (unpaired) electrons. The Bertz CT molecular complexity index is 441. The molecule has 1 atom stereocenters. The number of β-amino-alcohol motifs (C(OH)–C–C–N with tert-alkyl or cyclic N) is 1. The molecule has 2 heteroatoms. The van der Waals surface area contributed by atoms with E-state index in [1.54, 1.807) is 0 Å². The molecule has 1 aliphatic heterocycles. The van der Waals surface area contributed by atoms with E-state index in [2.05, 4.69) is 51.7 Å². The van der Waals surface area contributed by atoms with Gasteiger partial charge in [0, 0.05) is 13.1 Å². The molecule has 0 saturated carbocycles. The molecule has 1 fully saturated rings. The average Bonchev–Trinajstić information content (AvgIpc) is 2.56. The maximum absolute atomic E-state index is 10.6. The summed E-state index contributed by atoms with van der Waals surface area (Å²) in [7, 11) is 0. The fraction of sp³-hybridized carbons (Fsp3) is 0.647. The lowest BCUT2D eigenvalue weighted by Crippen LogP contribution is -2.28. The Morgan fingerprint density at radius 1 is 1.21 bits per heavy atom. The predicted molar refractivity (Wildman–Crippen MR) is 80.5 cm³/mol. The first-order chi connectivity index (χ1) is 8.78. The van der Waals surface area contributed by atoms with Gasteiger partial charge >= 0.3 is 0 Å². The van der Waals surface area contributed by atoms with Gasteiger partial charge in [0.2, 0.25) is 0 Å². The van der Waals surface area contributed by atoms with Crippen LogP contribution in [0.15, 0.2) is 12.1 Å². The molecule has 0 bridgehead atoms. The molecule has 1 aromatic carbocycles. The normalized spacial score (nSPS) is 20.7. The molecule has 106 valence electrons. The number of hydrogen-bond donors (Lipinski definition) is 1. The standard InChI is InChI=1S/C17H27NO/c1-12-8-13(2)16(14(3)9-12)15(19)10-18-7-6-17(4,5)11-18/h8-9,15,19H,6-7,10-11H2,1-5H3. The van der Waals surface area contributed by atoms with Crippen molar-refractivity contribution in [3.63, 3.8) is 0 Å². The number of nitrogens with zero attached hydrogens (tertiary/aromatic N) is 1. The molecular formula is C17H27NO. The molecule has 1 N–H and O–H groups in total. The first-order valence-corrected chi connectivity index (χ1v) is 7.27. The summed E-state index contributed by atoms with van der Waals surface area (Å²) in [6, 6.07) is 4.33. The Morgan fingerprint density at radius 3 is 2.26 bits per heavy atom. The zero-order valence-corrected chi connectivity index (χ0v) is 13.0. The Labute approximate surface area is 117 Å². The van der Waals surface area contributed by atoms with Crippen molar-refractivity contribution in [3.8, 4) is 0 Å². The Kier molecular flexibility index (Phi) is 4.03. The van der Waals surface area contributed by atoms with Crippen LogP contribution in [0, 0.1) is 26.2 Å². The number of rotatable bonds is 3. The van der Waals surface area contributed by atoms with Crippen molar-refractivity contribution in [1.29, 1.82) is 0 Å². The quantitative estimate of drug-likeness (QED) is 0.901. The number of benzene rings is 1. The van der Waals surface area contributed by atoms with Crippen molar-refractivity contribution >= 4 is 0 Å². The van der Waals surface area contributed by atoms with Crippen molar-refractivity contribution in [2.75, 3.05) is 19.6 Å². The third-order valence-corrected chi connectivity index (χ3v) is 4.26. The molecular weight excluding hydrogens is 234 g/mol. The highest BCUT2D eigenvalue weighted by Gasteiger charge is 2.30. The SMILES string of the molecule is Cc1cc(C)c(C(O)CN2CCC(C)(C)C2)c(C)c1. The van der Waals surface area contributed by atoms with E-state index in [0.717, 1.165) is 25.2 Å². The van der Waals surface area contributed by atoms with Crippen LogP contribution >= 0.6 is 0 Å². The zero-order valence-electron chi connectivity index (χ0n) is 13.0. The van der Waals surface area contributed by atoms with Gasteiger partial charge in [-0.05, 0) is 55.8 Å². The molecule has 1 saturated heterocycles. The Morgan fingerprint density at radius 2 is 1.79 bits per heavy atom. The summed E-state index contributed by atoms with van der Waals surface area (Å²) in [5, 5.41) is 10.6. The van der Waals surface area contributed by atoms with E-state index in [9.17, 15) is 5.11 Å². The predicted octanol–water partition coefficient (Wildman–Crippen LogP) is 3.38. The second-order valence-corrected chi connectivity index (χ2v) is 6.98. The Hall–Kier alpha value is -0.860. The zero-order chi connectivity index (χ0) is 14.2. The van der Waals surface area contributed by atoms with Gasteiger partial charge in [-0.25, -0.2) is 0 Å². The van der Waals surface area contributed by atoms with E-state index in [1.807, 2.05) is 0 Å². The molecule has 19 heavy (non-hydrogen) atoms. The second-order valence-electron chi connectivity index (χ2n) is 6.98. The summed E-state index contributed by atoms with van der Waals surface area (Å²) in [5.74, 6) is 0. The fourth-order valence-corrected chi connectivity index (χ4v) is 3.43. The highest BCUT2D eigenvalue weighted by Crippen LogP contribution is 2.31. The van der Waals surface area contributed by atoms with Crippen LogP contribution in [0.2, 0.25) is 0 Å². The van der Waals surface area contributed by atoms with Gasteiger partial charge in [0.1, 0.15) is 0 Å². The Balaban J connectivity index is 2.11. The van der Waals surface area contributed by atoms with Crippen molar-refractivity contribution in [3.05, 3.63) is 34.4 Å². The molecule has 2 nitrogen and oxygen atoms in total. The minimum absolute atomic E-state index is 0.366. The number of hydrogen-bond acceptors (Lipinski definition) is 2. The number of likely N-dealkylation sites (tertiary alicyclic amines) is 1. The van der Waals surface area contributed by atoms with E-state index in [1.165, 1.54) is 23.1 Å². The first-order valence-electron chi connectivity index (χ1n) is 7.27. The number of aryl methyl sites for hydroxylation is 3. The van der Waals surface area contributed by atoms with Crippen LogP contribution < -0.4 is 0 Å². The van der Waals surface area contributed by atoms with E-state index >= 15 is 0 Å². The van der Waals surface area contributed by atoms with Gasteiger partial charge in [-0.2, -0.15) is 0 Å². The lowest BCUT2D eigenvalue weighted by Gasteiger charge is -2.24. The molecule has 1 aliphatic rings. The molecule has 1 aromatic rings. The highest BCUT2D eigenvalue weighted by atomic mass is 16.3. The summed E-state index contributed by atoms with van der Waals surface area (Å²) in [6.07, 6.45) is 0.862. The van der Waals surface area contributed by atoms with Crippen molar-refractivity contribution in [2.24, 2.45) is 5.41 Å². The van der Waals surface area contributed by atoms with Crippen molar-refractivity contribution < 1.29 is 5.11 Å². The highest BCUT2D eigenvalue weighted by molar-refractivity contribution is 5.39. The summed E-state index contributed by atoms with van der Waals surface area (Å²) in [5.41, 5.74) is 5.22. The van der Waals surface area contributed by atoms with Crippen LogP contribution in [0.3, 0.4) is 0 Å². The molecule has 0 amide bonds. The van der Waals surface area contributed by atoms with E-state index in [4.69, 9.17) is 0 Å².